The van der Waals surface area contributed by atoms with E-state index in [-0.39, 0.29) is 11.3 Å². The minimum Gasteiger partial charge on any atom is -0.423 e. The van der Waals surface area contributed by atoms with Gasteiger partial charge in [0.05, 0.1) is 0 Å². The van der Waals surface area contributed by atoms with Crippen molar-refractivity contribution in [3.63, 3.8) is 0 Å². The molecular weight excluding hydrogens is 419 g/mol. The van der Waals surface area contributed by atoms with Crippen LogP contribution in [0.15, 0.2) is 78.9 Å². The third-order valence-electron chi connectivity index (χ3n) is 5.51. The van der Waals surface area contributed by atoms with Crippen LogP contribution in [0.25, 0.3) is 22.3 Å². The molecule has 0 aromatic heterocycles. The summed E-state index contributed by atoms with van der Waals surface area (Å²) in [4.78, 5) is 23.5. The second kappa shape index (κ2) is 8.87. The number of benzene rings is 3. The molecule has 0 bridgehead atoms. The predicted molar refractivity (Wildman–Crippen MR) is 126 cm³/mol. The second-order valence-electron chi connectivity index (χ2n) is 8.18. The summed E-state index contributed by atoms with van der Waals surface area (Å²) < 4.78 is 24.9. The van der Waals surface area contributed by atoms with Crippen molar-refractivity contribution in [2.45, 2.75) is 26.7 Å². The summed E-state index contributed by atoms with van der Waals surface area (Å²) in [6.45, 7) is 10.2. The molecule has 4 rings (SSSR count). The molecule has 4 nitrogen and oxygen atoms in total. The maximum atomic E-state index is 14.5. The number of ether oxygens (including phenoxy) is 2. The number of esters is 2. The van der Waals surface area contributed by atoms with Crippen molar-refractivity contribution in [1.29, 1.82) is 0 Å². The van der Waals surface area contributed by atoms with Crippen LogP contribution >= 0.6 is 0 Å². The summed E-state index contributed by atoms with van der Waals surface area (Å²) in [5, 5.41) is 0. The number of halogens is 1. The Labute approximate surface area is 192 Å². The van der Waals surface area contributed by atoms with Crippen molar-refractivity contribution in [3.05, 3.63) is 95.8 Å². The van der Waals surface area contributed by atoms with Gasteiger partial charge in [0, 0.05) is 11.1 Å². The fraction of sp³-hybridized carbons (Fsp3) is 0.143. The number of fused-ring (bicyclic) bond motifs is 3. The number of aryl methyl sites for hydroxylation is 2. The minimum atomic E-state index is -0.661. The Morgan fingerprint density at radius 2 is 1.30 bits per heavy atom. The van der Waals surface area contributed by atoms with Crippen molar-refractivity contribution in [1.82, 2.24) is 0 Å². The highest BCUT2D eigenvalue weighted by Gasteiger charge is 2.19. The third-order valence-corrected chi connectivity index (χ3v) is 5.51. The number of hydrogen-bond donors (Lipinski definition) is 0. The zero-order valence-electron chi connectivity index (χ0n) is 18.5. The Bertz CT molecular complexity index is 1320. The molecule has 0 saturated heterocycles. The number of rotatable bonds is 5. The van der Waals surface area contributed by atoms with Gasteiger partial charge in [-0.25, -0.2) is 14.0 Å². The van der Waals surface area contributed by atoms with Crippen molar-refractivity contribution in [3.8, 4) is 33.8 Å². The fourth-order valence-corrected chi connectivity index (χ4v) is 3.76. The summed E-state index contributed by atoms with van der Waals surface area (Å²) in [5.41, 5.74) is 6.58. The molecule has 3 aromatic carbocycles. The van der Waals surface area contributed by atoms with Crippen LogP contribution in [-0.2, 0) is 22.4 Å². The van der Waals surface area contributed by atoms with Gasteiger partial charge in [0.25, 0.3) is 0 Å². The highest BCUT2D eigenvalue weighted by atomic mass is 19.1. The van der Waals surface area contributed by atoms with E-state index in [1.807, 2.05) is 24.3 Å². The minimum absolute atomic E-state index is 0.123. The van der Waals surface area contributed by atoms with Crippen LogP contribution in [0.4, 0.5) is 4.39 Å². The van der Waals surface area contributed by atoms with Crippen LogP contribution < -0.4 is 9.47 Å². The first-order valence-corrected chi connectivity index (χ1v) is 10.5. The lowest BCUT2D eigenvalue weighted by Crippen LogP contribution is -2.10. The molecule has 0 amide bonds. The molecule has 0 saturated carbocycles. The maximum Gasteiger partial charge on any atom is 0.338 e. The molecule has 1 aliphatic rings. The molecule has 0 spiro atoms. The summed E-state index contributed by atoms with van der Waals surface area (Å²) in [6.07, 6.45) is 1.61. The topological polar surface area (TPSA) is 52.6 Å². The number of carbonyl (C=O) groups excluding carboxylic acids is 2. The van der Waals surface area contributed by atoms with Crippen LogP contribution in [0.1, 0.15) is 25.0 Å². The third kappa shape index (κ3) is 4.62. The van der Waals surface area contributed by atoms with Crippen molar-refractivity contribution >= 4 is 11.9 Å². The molecule has 33 heavy (non-hydrogen) atoms. The molecule has 0 unspecified atom stereocenters. The average Bonchev–Trinajstić information content (AvgIpc) is 2.79. The Morgan fingerprint density at radius 3 is 1.94 bits per heavy atom. The van der Waals surface area contributed by atoms with Crippen molar-refractivity contribution in [2.24, 2.45) is 0 Å². The second-order valence-corrected chi connectivity index (χ2v) is 8.18. The molecule has 0 radical (unpaired) electrons. The Kier molecular flexibility index (Phi) is 5.97. The molecule has 1 aliphatic carbocycles. The van der Waals surface area contributed by atoms with E-state index in [4.69, 9.17) is 9.47 Å². The highest BCUT2D eigenvalue weighted by molar-refractivity contribution is 5.89. The van der Waals surface area contributed by atoms with Crippen LogP contribution in [-0.4, -0.2) is 11.9 Å². The van der Waals surface area contributed by atoms with E-state index in [2.05, 4.69) is 19.2 Å². The molecule has 166 valence electrons. The van der Waals surface area contributed by atoms with Crippen molar-refractivity contribution < 1.29 is 23.5 Å². The lowest BCUT2D eigenvalue weighted by molar-refractivity contribution is -0.131. The Balaban J connectivity index is 1.60. The summed E-state index contributed by atoms with van der Waals surface area (Å²) in [7, 11) is 0. The quantitative estimate of drug-likeness (QED) is 0.267. The number of hydrogen-bond acceptors (Lipinski definition) is 4. The van der Waals surface area contributed by atoms with E-state index < -0.39 is 17.8 Å². The first kappa shape index (κ1) is 22.2. The fourth-order valence-electron chi connectivity index (χ4n) is 3.76. The standard InChI is InChI=1S/C28H23FO4/c1-16(2)27(30)32-22-9-11-24-21(14-22)6-5-20-13-18(7-10-23(20)24)19-8-12-26(25(29)15-19)33-28(31)17(3)4/h7-15H,1,3,5-6H2,2,4H3. The van der Waals surface area contributed by atoms with Gasteiger partial charge in [-0.3, -0.25) is 0 Å². The molecular formula is C28H23FO4. The van der Waals surface area contributed by atoms with Crippen LogP contribution in [0, 0.1) is 5.82 Å². The van der Waals surface area contributed by atoms with Gasteiger partial charge in [0.1, 0.15) is 5.75 Å². The molecule has 0 atom stereocenters. The molecule has 3 aromatic rings. The summed E-state index contributed by atoms with van der Waals surface area (Å²) in [5.74, 6) is -1.33. The first-order valence-electron chi connectivity index (χ1n) is 10.5. The Morgan fingerprint density at radius 1 is 0.758 bits per heavy atom. The van der Waals surface area contributed by atoms with Gasteiger partial charge in [-0.2, -0.15) is 0 Å². The van der Waals surface area contributed by atoms with Gasteiger partial charge in [0.15, 0.2) is 11.6 Å². The van der Waals surface area contributed by atoms with Crippen LogP contribution in [0.5, 0.6) is 11.5 Å². The zero-order valence-corrected chi connectivity index (χ0v) is 18.5. The van der Waals surface area contributed by atoms with Gasteiger partial charge in [-0.1, -0.05) is 43.5 Å². The molecule has 0 fully saturated rings. The van der Waals surface area contributed by atoms with E-state index in [0.29, 0.717) is 16.9 Å². The lowest BCUT2D eigenvalue weighted by atomic mass is 9.84. The van der Waals surface area contributed by atoms with Crippen LogP contribution in [0.3, 0.4) is 0 Å². The number of carbonyl (C=O) groups is 2. The maximum absolute atomic E-state index is 14.5. The predicted octanol–water partition coefficient (Wildman–Crippen LogP) is 6.22. The average molecular weight is 442 g/mol. The normalized spacial score (nSPS) is 11.7. The van der Waals surface area contributed by atoms with Gasteiger partial charge in [-0.05, 0) is 84.3 Å². The van der Waals surface area contributed by atoms with Gasteiger partial charge < -0.3 is 9.47 Å². The monoisotopic (exact) mass is 442 g/mol. The smallest absolute Gasteiger partial charge is 0.338 e. The summed E-state index contributed by atoms with van der Waals surface area (Å²) in [6, 6.07) is 16.2. The molecule has 5 heteroatoms. The van der Waals surface area contributed by atoms with Crippen LogP contribution in [0.2, 0.25) is 0 Å². The van der Waals surface area contributed by atoms with Gasteiger partial charge in [0.2, 0.25) is 0 Å². The van der Waals surface area contributed by atoms with E-state index in [1.165, 1.54) is 19.1 Å². The highest BCUT2D eigenvalue weighted by Crippen LogP contribution is 2.38. The molecule has 0 aliphatic heterocycles. The van der Waals surface area contributed by atoms with Crippen molar-refractivity contribution in [2.75, 3.05) is 0 Å². The summed E-state index contributed by atoms with van der Waals surface area (Å²) >= 11 is 0. The SMILES string of the molecule is C=C(C)C(=O)Oc1ccc2c(c1)CCc1cc(-c3ccc(OC(=O)C(=C)C)c(F)c3)ccc1-2. The molecule has 0 heterocycles. The van der Waals surface area contributed by atoms with E-state index in [9.17, 15) is 14.0 Å². The Hall–Kier alpha value is -3.99. The van der Waals surface area contributed by atoms with E-state index >= 15 is 0 Å². The van der Waals surface area contributed by atoms with E-state index in [0.717, 1.165) is 40.7 Å². The first-order chi connectivity index (χ1) is 15.7. The van der Waals surface area contributed by atoms with Gasteiger partial charge >= 0.3 is 11.9 Å². The lowest BCUT2D eigenvalue weighted by Gasteiger charge is -2.21. The van der Waals surface area contributed by atoms with E-state index in [1.54, 1.807) is 19.1 Å². The zero-order chi connectivity index (χ0) is 23.7. The van der Waals surface area contributed by atoms with Gasteiger partial charge in [-0.15, -0.1) is 0 Å². The largest absolute Gasteiger partial charge is 0.423 e. The molecule has 0 N–H and O–H groups in total.